The van der Waals surface area contributed by atoms with Crippen LogP contribution >= 0.6 is 0 Å². The molecule has 5 nitrogen and oxygen atoms in total. The maximum atomic E-state index is 10.7. The Morgan fingerprint density at radius 1 is 1.24 bits per heavy atom. The van der Waals surface area contributed by atoms with Gasteiger partial charge in [-0.2, -0.15) is 0 Å². The first kappa shape index (κ1) is 11.1. The predicted octanol–water partition coefficient (Wildman–Crippen LogP) is 2.26. The van der Waals surface area contributed by atoms with E-state index in [0.29, 0.717) is 12.2 Å². The van der Waals surface area contributed by atoms with E-state index >= 15 is 0 Å². The van der Waals surface area contributed by atoms with Crippen molar-refractivity contribution in [2.24, 2.45) is 0 Å². The van der Waals surface area contributed by atoms with Crippen LogP contribution < -0.4 is 0 Å². The number of carbonyl (C=O) groups is 1. The zero-order valence-corrected chi connectivity index (χ0v) is 8.95. The smallest absolute Gasteiger partial charge is 0.269 e. The summed E-state index contributed by atoms with van der Waals surface area (Å²) < 4.78 is 1.79. The van der Waals surface area contributed by atoms with Gasteiger partial charge in [0.2, 0.25) is 0 Å². The molecule has 0 saturated heterocycles. The monoisotopic (exact) mass is 230 g/mol. The van der Waals surface area contributed by atoms with Gasteiger partial charge in [0.25, 0.3) is 5.69 Å². The van der Waals surface area contributed by atoms with Crippen molar-refractivity contribution in [3.8, 4) is 0 Å². The Bertz CT molecular complexity index is 543. The third-order valence-electron chi connectivity index (χ3n) is 2.49. The Morgan fingerprint density at radius 3 is 2.53 bits per heavy atom. The van der Waals surface area contributed by atoms with Crippen LogP contribution in [0.15, 0.2) is 42.6 Å². The first-order chi connectivity index (χ1) is 8.20. The molecule has 2 rings (SSSR count). The van der Waals surface area contributed by atoms with Crippen molar-refractivity contribution in [3.05, 3.63) is 64.0 Å². The molecule has 0 aliphatic heterocycles. The summed E-state index contributed by atoms with van der Waals surface area (Å²) in [6.07, 6.45) is 2.58. The van der Waals surface area contributed by atoms with Crippen molar-refractivity contribution in [2.75, 3.05) is 0 Å². The number of aldehydes is 1. The van der Waals surface area contributed by atoms with E-state index in [0.717, 1.165) is 11.8 Å². The molecule has 86 valence electrons. The molecular weight excluding hydrogens is 220 g/mol. The molecule has 0 atom stereocenters. The molecule has 1 aromatic heterocycles. The lowest BCUT2D eigenvalue weighted by Crippen LogP contribution is -2.02. The molecule has 0 fully saturated rings. The molecule has 0 amide bonds. The summed E-state index contributed by atoms with van der Waals surface area (Å²) in [6, 6.07) is 9.80. The number of nitro benzene ring substituents is 1. The van der Waals surface area contributed by atoms with Gasteiger partial charge in [-0.3, -0.25) is 14.9 Å². The van der Waals surface area contributed by atoms with Crippen LogP contribution in [0.1, 0.15) is 16.1 Å². The van der Waals surface area contributed by atoms with Gasteiger partial charge in [-0.1, -0.05) is 12.1 Å². The first-order valence-electron chi connectivity index (χ1n) is 5.04. The van der Waals surface area contributed by atoms with Crippen molar-refractivity contribution in [2.45, 2.75) is 6.54 Å². The van der Waals surface area contributed by atoms with Crippen molar-refractivity contribution in [3.63, 3.8) is 0 Å². The van der Waals surface area contributed by atoms with E-state index in [1.165, 1.54) is 12.1 Å². The highest BCUT2D eigenvalue weighted by molar-refractivity contribution is 5.72. The number of non-ortho nitro benzene ring substituents is 1. The highest BCUT2D eigenvalue weighted by atomic mass is 16.6. The summed E-state index contributed by atoms with van der Waals surface area (Å²) in [4.78, 5) is 20.8. The lowest BCUT2D eigenvalue weighted by molar-refractivity contribution is -0.384. The highest BCUT2D eigenvalue weighted by Crippen LogP contribution is 2.13. The lowest BCUT2D eigenvalue weighted by Gasteiger charge is -2.05. The number of aromatic nitrogens is 1. The van der Waals surface area contributed by atoms with Crippen LogP contribution in [0.5, 0.6) is 0 Å². The van der Waals surface area contributed by atoms with E-state index in [1.54, 1.807) is 35.0 Å². The Hall–Kier alpha value is -2.43. The van der Waals surface area contributed by atoms with Gasteiger partial charge in [0, 0.05) is 24.9 Å². The van der Waals surface area contributed by atoms with E-state index < -0.39 is 4.92 Å². The normalized spacial score (nSPS) is 10.1. The number of hydrogen-bond acceptors (Lipinski definition) is 3. The maximum absolute atomic E-state index is 10.7. The summed E-state index contributed by atoms with van der Waals surface area (Å²) >= 11 is 0. The van der Waals surface area contributed by atoms with Crippen LogP contribution in [0.3, 0.4) is 0 Å². The number of carbonyl (C=O) groups excluding carboxylic acids is 1. The van der Waals surface area contributed by atoms with Gasteiger partial charge in [-0.25, -0.2) is 0 Å². The first-order valence-corrected chi connectivity index (χ1v) is 5.04. The Balaban J connectivity index is 2.19. The second kappa shape index (κ2) is 4.61. The summed E-state index contributed by atoms with van der Waals surface area (Å²) in [7, 11) is 0. The molecule has 2 aromatic rings. The molecular formula is C12H10N2O3. The molecule has 1 aromatic carbocycles. The Labute approximate surface area is 97.5 Å². The lowest BCUT2D eigenvalue weighted by atomic mass is 10.2. The van der Waals surface area contributed by atoms with E-state index in [-0.39, 0.29) is 5.69 Å². The Morgan fingerprint density at radius 2 is 1.94 bits per heavy atom. The van der Waals surface area contributed by atoms with Crippen LogP contribution in [0.4, 0.5) is 5.69 Å². The van der Waals surface area contributed by atoms with Crippen LogP contribution in [0, 0.1) is 10.1 Å². The van der Waals surface area contributed by atoms with Gasteiger partial charge >= 0.3 is 0 Å². The fourth-order valence-corrected chi connectivity index (χ4v) is 1.60. The Kier molecular flexibility index (Phi) is 3.00. The third-order valence-corrected chi connectivity index (χ3v) is 2.49. The number of nitrogens with zero attached hydrogens (tertiary/aromatic N) is 2. The number of hydrogen-bond donors (Lipinski definition) is 0. The largest absolute Gasteiger partial charge is 0.341 e. The van der Waals surface area contributed by atoms with E-state index in [2.05, 4.69) is 0 Å². The van der Waals surface area contributed by atoms with Crippen molar-refractivity contribution in [1.29, 1.82) is 0 Å². The summed E-state index contributed by atoms with van der Waals surface area (Å²) in [5.74, 6) is 0. The fraction of sp³-hybridized carbons (Fsp3) is 0.0833. The van der Waals surface area contributed by atoms with E-state index in [4.69, 9.17) is 0 Å². The molecule has 0 bridgehead atoms. The zero-order chi connectivity index (χ0) is 12.3. The third kappa shape index (κ3) is 2.39. The molecule has 0 aliphatic carbocycles. The molecule has 0 spiro atoms. The van der Waals surface area contributed by atoms with Gasteiger partial charge in [0.1, 0.15) is 0 Å². The second-order valence-electron chi connectivity index (χ2n) is 3.60. The molecule has 0 N–H and O–H groups in total. The van der Waals surface area contributed by atoms with Gasteiger partial charge in [0.05, 0.1) is 10.6 Å². The van der Waals surface area contributed by atoms with Crippen molar-refractivity contribution in [1.82, 2.24) is 4.57 Å². The second-order valence-corrected chi connectivity index (χ2v) is 3.60. The molecule has 0 aliphatic rings. The van der Waals surface area contributed by atoms with Crippen LogP contribution in [0.25, 0.3) is 0 Å². The molecule has 0 unspecified atom stereocenters. The number of rotatable bonds is 4. The molecule has 5 heteroatoms. The SMILES string of the molecule is O=Cc1cccn1Cc1ccc([N+](=O)[O-])cc1. The van der Waals surface area contributed by atoms with E-state index in [9.17, 15) is 14.9 Å². The molecule has 0 radical (unpaired) electrons. The number of benzene rings is 1. The topological polar surface area (TPSA) is 65.1 Å². The van der Waals surface area contributed by atoms with Crippen LogP contribution in [-0.2, 0) is 6.54 Å². The molecule has 0 saturated carbocycles. The minimum atomic E-state index is -0.434. The van der Waals surface area contributed by atoms with Crippen LogP contribution in [-0.4, -0.2) is 15.8 Å². The minimum absolute atomic E-state index is 0.0665. The minimum Gasteiger partial charge on any atom is -0.341 e. The van der Waals surface area contributed by atoms with Gasteiger partial charge in [-0.15, -0.1) is 0 Å². The predicted molar refractivity (Wildman–Crippen MR) is 62.0 cm³/mol. The van der Waals surface area contributed by atoms with Crippen LogP contribution in [0.2, 0.25) is 0 Å². The quantitative estimate of drug-likeness (QED) is 0.459. The summed E-state index contributed by atoms with van der Waals surface area (Å²) in [5, 5.41) is 10.5. The number of nitro groups is 1. The van der Waals surface area contributed by atoms with E-state index in [1.807, 2.05) is 0 Å². The average Bonchev–Trinajstić information content (AvgIpc) is 2.77. The maximum Gasteiger partial charge on any atom is 0.269 e. The van der Waals surface area contributed by atoms with Crippen molar-refractivity contribution >= 4 is 12.0 Å². The van der Waals surface area contributed by atoms with Crippen molar-refractivity contribution < 1.29 is 9.72 Å². The summed E-state index contributed by atoms with van der Waals surface area (Å²) in [6.45, 7) is 0.527. The average molecular weight is 230 g/mol. The fourth-order valence-electron chi connectivity index (χ4n) is 1.60. The summed E-state index contributed by atoms with van der Waals surface area (Å²) in [5.41, 5.74) is 1.56. The molecule has 17 heavy (non-hydrogen) atoms. The van der Waals surface area contributed by atoms with Gasteiger partial charge in [-0.05, 0) is 17.7 Å². The highest BCUT2D eigenvalue weighted by Gasteiger charge is 2.05. The van der Waals surface area contributed by atoms with Gasteiger partial charge in [0.15, 0.2) is 6.29 Å². The molecule has 1 heterocycles. The van der Waals surface area contributed by atoms with Gasteiger partial charge < -0.3 is 4.57 Å². The zero-order valence-electron chi connectivity index (χ0n) is 8.95. The standard InChI is InChI=1S/C12H10N2O3/c15-9-12-2-1-7-13(12)8-10-3-5-11(6-4-10)14(16)17/h1-7,9H,8H2.